The zero-order valence-corrected chi connectivity index (χ0v) is 13.3. The van der Waals surface area contributed by atoms with E-state index in [-0.39, 0.29) is 6.17 Å². The molecule has 1 aromatic carbocycles. The number of aliphatic imine (C=N–C) groups is 1. The van der Waals surface area contributed by atoms with Crippen LogP contribution >= 0.6 is 27.5 Å². The van der Waals surface area contributed by atoms with E-state index < -0.39 is 10.0 Å². The number of nitrogens with one attached hydrogen (secondary N) is 2. The van der Waals surface area contributed by atoms with Crippen molar-refractivity contribution in [3.8, 4) is 0 Å². The largest absolute Gasteiger partial charge is 0.290 e. The summed E-state index contributed by atoms with van der Waals surface area (Å²) in [6, 6.07) is 3.49. The monoisotopic (exact) mass is 365 g/mol. The lowest BCUT2D eigenvalue weighted by atomic mass is 10.1. The van der Waals surface area contributed by atoms with Gasteiger partial charge in [0.25, 0.3) is 0 Å². The molecular weight excluding hydrogens is 354 g/mol. The van der Waals surface area contributed by atoms with Crippen molar-refractivity contribution in [1.82, 2.24) is 5.32 Å². The van der Waals surface area contributed by atoms with Crippen LogP contribution in [-0.2, 0) is 16.4 Å². The maximum Gasteiger partial charge on any atom is 0.229 e. The number of halogens is 2. The average Bonchev–Trinajstić information content (AvgIpc) is 2.80. The molecule has 1 aliphatic heterocycles. The second-order valence-corrected chi connectivity index (χ2v) is 7.15. The first-order chi connectivity index (χ1) is 8.87. The number of benzene rings is 1. The fraction of sp³-hybridized carbons (Fsp3) is 0.364. The lowest BCUT2D eigenvalue weighted by molar-refractivity contribution is 0.600. The van der Waals surface area contributed by atoms with Gasteiger partial charge in [-0.2, -0.15) is 0 Å². The van der Waals surface area contributed by atoms with E-state index in [0.29, 0.717) is 21.6 Å². The molecule has 5 nitrogen and oxygen atoms in total. The highest BCUT2D eigenvalue weighted by Crippen LogP contribution is 2.34. The average molecular weight is 367 g/mol. The molecule has 0 saturated heterocycles. The second-order valence-electron chi connectivity index (χ2n) is 4.23. The van der Waals surface area contributed by atoms with E-state index in [1.807, 2.05) is 12.3 Å². The van der Waals surface area contributed by atoms with Gasteiger partial charge in [-0.15, -0.1) is 0 Å². The highest BCUT2D eigenvalue weighted by Gasteiger charge is 2.16. The summed E-state index contributed by atoms with van der Waals surface area (Å²) in [6.07, 6.45) is 3.65. The number of hydrogen-bond donors (Lipinski definition) is 2. The summed E-state index contributed by atoms with van der Waals surface area (Å²) in [5.41, 5.74) is 1.34. The Hall–Kier alpha value is -0.630. The van der Waals surface area contributed by atoms with Gasteiger partial charge in [0, 0.05) is 23.7 Å². The minimum Gasteiger partial charge on any atom is -0.290 e. The van der Waals surface area contributed by atoms with Crippen LogP contribution in [0.15, 0.2) is 21.6 Å². The molecule has 1 atom stereocenters. The Balaban J connectivity index is 2.24. The summed E-state index contributed by atoms with van der Waals surface area (Å²) in [7, 11) is -3.34. The third-order valence-corrected chi connectivity index (χ3v) is 4.72. The molecular formula is C11H13BrClN3O2S. The quantitative estimate of drug-likeness (QED) is 0.856. The maximum absolute atomic E-state index is 11.2. The Morgan fingerprint density at radius 3 is 2.89 bits per heavy atom. The number of sulfonamides is 1. The molecule has 0 bridgehead atoms. The van der Waals surface area contributed by atoms with Crippen molar-refractivity contribution in [3.63, 3.8) is 0 Å². The normalized spacial score (nSPS) is 18.8. The van der Waals surface area contributed by atoms with E-state index >= 15 is 0 Å². The van der Waals surface area contributed by atoms with Crippen LogP contribution in [0.1, 0.15) is 5.56 Å². The van der Waals surface area contributed by atoms with E-state index in [1.54, 1.807) is 6.07 Å². The van der Waals surface area contributed by atoms with Crippen molar-refractivity contribution < 1.29 is 8.42 Å². The lowest BCUT2D eigenvalue weighted by Gasteiger charge is -2.14. The Labute approximate surface area is 125 Å². The van der Waals surface area contributed by atoms with Gasteiger partial charge in [0.05, 0.1) is 17.0 Å². The Morgan fingerprint density at radius 2 is 2.32 bits per heavy atom. The first kappa shape index (κ1) is 14.8. The molecule has 19 heavy (non-hydrogen) atoms. The van der Waals surface area contributed by atoms with Crippen molar-refractivity contribution in [2.45, 2.75) is 12.6 Å². The standard InChI is InChI=1S/C11H13BrClN3O2S/c1-19(17,18)16-8-3-2-7(10(12)11(8)13)6-9-14-4-5-15-9/h2-4,9,15-16H,5-6H2,1H3. The zero-order valence-electron chi connectivity index (χ0n) is 10.2. The summed E-state index contributed by atoms with van der Waals surface area (Å²) >= 11 is 9.56. The van der Waals surface area contributed by atoms with Crippen molar-refractivity contribution in [2.75, 3.05) is 17.5 Å². The van der Waals surface area contributed by atoms with Gasteiger partial charge in [0.15, 0.2) is 0 Å². The second kappa shape index (κ2) is 5.78. The van der Waals surface area contributed by atoms with Gasteiger partial charge in [-0.25, -0.2) is 8.42 Å². The fourth-order valence-electron chi connectivity index (χ4n) is 1.78. The summed E-state index contributed by atoms with van der Waals surface area (Å²) in [4.78, 5) is 4.27. The summed E-state index contributed by atoms with van der Waals surface area (Å²) in [6.45, 7) is 0.768. The van der Waals surface area contributed by atoms with Crippen LogP contribution in [0.4, 0.5) is 5.69 Å². The van der Waals surface area contributed by atoms with E-state index in [2.05, 4.69) is 31.0 Å². The van der Waals surface area contributed by atoms with Gasteiger partial charge >= 0.3 is 0 Å². The number of rotatable bonds is 4. The van der Waals surface area contributed by atoms with Gasteiger partial charge in [0.2, 0.25) is 10.0 Å². The van der Waals surface area contributed by atoms with Gasteiger partial charge in [0.1, 0.15) is 6.17 Å². The molecule has 1 aromatic rings. The van der Waals surface area contributed by atoms with Crippen LogP contribution in [0.5, 0.6) is 0 Å². The van der Waals surface area contributed by atoms with Gasteiger partial charge in [-0.3, -0.25) is 15.0 Å². The van der Waals surface area contributed by atoms with Crippen LogP contribution < -0.4 is 10.0 Å². The Morgan fingerprint density at radius 1 is 1.58 bits per heavy atom. The first-order valence-corrected chi connectivity index (χ1v) is 8.63. The third kappa shape index (κ3) is 3.92. The van der Waals surface area contributed by atoms with Crippen molar-refractivity contribution >= 4 is 49.5 Å². The number of nitrogens with zero attached hydrogens (tertiary/aromatic N) is 1. The van der Waals surface area contributed by atoms with E-state index in [1.165, 1.54) is 0 Å². The smallest absolute Gasteiger partial charge is 0.229 e. The summed E-state index contributed by atoms with van der Waals surface area (Å²) < 4.78 is 25.5. The number of hydrogen-bond acceptors (Lipinski definition) is 4. The molecule has 104 valence electrons. The minimum atomic E-state index is -3.34. The van der Waals surface area contributed by atoms with Crippen molar-refractivity contribution in [2.24, 2.45) is 4.99 Å². The summed E-state index contributed by atoms with van der Waals surface area (Å²) in [5.74, 6) is 0. The molecule has 1 heterocycles. The third-order valence-electron chi connectivity index (χ3n) is 2.60. The molecule has 8 heteroatoms. The predicted octanol–water partition coefficient (Wildman–Crippen LogP) is 2.02. The van der Waals surface area contributed by atoms with Gasteiger partial charge in [-0.05, 0) is 27.6 Å². The molecule has 0 radical (unpaired) electrons. The minimum absolute atomic E-state index is 0.0427. The predicted molar refractivity (Wildman–Crippen MR) is 81.6 cm³/mol. The molecule has 0 saturated carbocycles. The highest BCUT2D eigenvalue weighted by molar-refractivity contribution is 9.10. The Bertz CT molecular complexity index is 619. The molecule has 0 amide bonds. The lowest BCUT2D eigenvalue weighted by Crippen LogP contribution is -2.24. The highest BCUT2D eigenvalue weighted by atomic mass is 79.9. The molecule has 0 fully saturated rings. The van der Waals surface area contributed by atoms with Crippen LogP contribution in [0.25, 0.3) is 0 Å². The SMILES string of the molecule is CS(=O)(=O)Nc1ccc(CC2N=CCN2)c(Br)c1Cl. The molecule has 1 aliphatic rings. The van der Waals surface area contributed by atoms with Crippen molar-refractivity contribution in [3.05, 3.63) is 27.2 Å². The van der Waals surface area contributed by atoms with Gasteiger partial charge in [-0.1, -0.05) is 17.7 Å². The van der Waals surface area contributed by atoms with E-state index in [4.69, 9.17) is 11.6 Å². The van der Waals surface area contributed by atoms with E-state index in [9.17, 15) is 8.42 Å². The van der Waals surface area contributed by atoms with Crippen LogP contribution in [0, 0.1) is 0 Å². The fourth-order valence-corrected chi connectivity index (χ4v) is 3.15. The van der Waals surface area contributed by atoms with E-state index in [0.717, 1.165) is 18.4 Å². The zero-order chi connectivity index (χ0) is 14.0. The maximum atomic E-state index is 11.2. The Kier molecular flexibility index (Phi) is 4.50. The van der Waals surface area contributed by atoms with Crippen LogP contribution in [0.2, 0.25) is 5.02 Å². The van der Waals surface area contributed by atoms with Gasteiger partial charge < -0.3 is 0 Å². The number of anilines is 1. The molecule has 0 aliphatic carbocycles. The summed E-state index contributed by atoms with van der Waals surface area (Å²) in [5, 5.41) is 3.56. The molecule has 2 rings (SSSR count). The van der Waals surface area contributed by atoms with Crippen LogP contribution in [-0.4, -0.2) is 33.6 Å². The molecule has 1 unspecified atom stereocenters. The first-order valence-electron chi connectivity index (χ1n) is 5.56. The molecule has 0 spiro atoms. The topological polar surface area (TPSA) is 70.6 Å². The van der Waals surface area contributed by atoms with Crippen molar-refractivity contribution in [1.29, 1.82) is 0 Å². The molecule has 0 aromatic heterocycles. The van der Waals surface area contributed by atoms with Crippen LogP contribution in [0.3, 0.4) is 0 Å². The molecule has 2 N–H and O–H groups in total.